The lowest BCUT2D eigenvalue weighted by Crippen LogP contribution is -2.50. The van der Waals surface area contributed by atoms with Gasteiger partial charge in [-0.15, -0.1) is 0 Å². The standard InChI is InChI=1S/C24H25N3O4S/c1-18(20-9-11-21(12-10-20)32(29,30)31)27-17-25-23-13-15-26(16-22(23)24(27)28)14-5-8-19-6-3-2-4-7-19/h2-4,6-7,9-12,18,25H,13-17H2,1H3,(H,29,30,31). The highest BCUT2D eigenvalue weighted by atomic mass is 32.2. The highest BCUT2D eigenvalue weighted by Gasteiger charge is 2.33. The first-order valence-corrected chi connectivity index (χ1v) is 11.9. The van der Waals surface area contributed by atoms with E-state index in [2.05, 4.69) is 22.1 Å². The fraction of sp³-hybridized carbons (Fsp3) is 0.292. The van der Waals surface area contributed by atoms with Crippen LogP contribution in [0, 0.1) is 11.8 Å². The summed E-state index contributed by atoms with van der Waals surface area (Å²) in [6, 6.07) is 15.5. The van der Waals surface area contributed by atoms with Gasteiger partial charge >= 0.3 is 0 Å². The number of nitrogens with zero attached hydrogens (tertiary/aromatic N) is 2. The van der Waals surface area contributed by atoms with Gasteiger partial charge in [0.15, 0.2) is 0 Å². The Hall–Kier alpha value is -3.12. The van der Waals surface area contributed by atoms with E-state index in [1.54, 1.807) is 17.0 Å². The zero-order chi connectivity index (χ0) is 22.7. The molecule has 0 spiro atoms. The molecule has 2 aliphatic heterocycles. The quantitative estimate of drug-likeness (QED) is 0.548. The predicted octanol–water partition coefficient (Wildman–Crippen LogP) is 2.40. The first kappa shape index (κ1) is 22.1. The van der Waals surface area contributed by atoms with Crippen molar-refractivity contribution >= 4 is 16.0 Å². The lowest BCUT2D eigenvalue weighted by Gasteiger charge is -2.39. The number of carbonyl (C=O) groups is 1. The summed E-state index contributed by atoms with van der Waals surface area (Å²) in [5.74, 6) is 6.33. The average molecular weight is 452 g/mol. The number of rotatable bonds is 4. The van der Waals surface area contributed by atoms with Gasteiger partial charge in [0.05, 0.1) is 29.7 Å². The summed E-state index contributed by atoms with van der Waals surface area (Å²) in [5, 5.41) is 3.38. The molecule has 0 fully saturated rings. The summed E-state index contributed by atoms with van der Waals surface area (Å²) in [4.78, 5) is 17.0. The molecule has 2 heterocycles. The van der Waals surface area contributed by atoms with E-state index in [1.165, 1.54) is 12.1 Å². The third kappa shape index (κ3) is 4.86. The van der Waals surface area contributed by atoms with Gasteiger partial charge in [-0.3, -0.25) is 14.2 Å². The molecule has 2 N–H and O–H groups in total. The summed E-state index contributed by atoms with van der Waals surface area (Å²) in [6.07, 6.45) is 0.777. The molecule has 1 amide bonds. The number of hydrogen-bond acceptors (Lipinski definition) is 5. The van der Waals surface area contributed by atoms with E-state index < -0.39 is 10.1 Å². The van der Waals surface area contributed by atoms with Crippen molar-refractivity contribution in [3.63, 3.8) is 0 Å². The van der Waals surface area contributed by atoms with Crippen LogP contribution in [0.2, 0.25) is 0 Å². The molecule has 2 aromatic carbocycles. The number of benzene rings is 2. The molecule has 2 aliphatic rings. The van der Waals surface area contributed by atoms with E-state index in [0.717, 1.165) is 35.4 Å². The van der Waals surface area contributed by atoms with Crippen molar-refractivity contribution in [2.45, 2.75) is 24.3 Å². The van der Waals surface area contributed by atoms with Crippen molar-refractivity contribution in [3.05, 3.63) is 77.0 Å². The van der Waals surface area contributed by atoms with Crippen LogP contribution in [-0.4, -0.2) is 55.0 Å². The smallest absolute Gasteiger partial charge is 0.294 e. The number of amides is 1. The van der Waals surface area contributed by atoms with Crippen molar-refractivity contribution in [1.82, 2.24) is 15.1 Å². The molecule has 166 valence electrons. The van der Waals surface area contributed by atoms with Crippen molar-refractivity contribution in [2.75, 3.05) is 26.3 Å². The monoisotopic (exact) mass is 451 g/mol. The van der Waals surface area contributed by atoms with E-state index in [0.29, 0.717) is 19.8 Å². The molecule has 8 heteroatoms. The van der Waals surface area contributed by atoms with E-state index >= 15 is 0 Å². The summed E-state index contributed by atoms with van der Waals surface area (Å²) >= 11 is 0. The fourth-order valence-electron chi connectivity index (χ4n) is 3.96. The average Bonchev–Trinajstić information content (AvgIpc) is 2.79. The minimum absolute atomic E-state index is 0.0224. The van der Waals surface area contributed by atoms with Crippen LogP contribution in [0.15, 0.2) is 70.8 Å². The van der Waals surface area contributed by atoms with Gasteiger partial charge in [-0.25, -0.2) is 0 Å². The first-order chi connectivity index (χ1) is 15.3. The predicted molar refractivity (Wildman–Crippen MR) is 121 cm³/mol. The minimum atomic E-state index is -4.25. The molecule has 7 nitrogen and oxygen atoms in total. The van der Waals surface area contributed by atoms with Crippen molar-refractivity contribution in [3.8, 4) is 11.8 Å². The fourth-order valence-corrected chi connectivity index (χ4v) is 4.44. The van der Waals surface area contributed by atoms with Gasteiger partial charge in [-0.05, 0) is 36.8 Å². The van der Waals surface area contributed by atoms with E-state index in [4.69, 9.17) is 4.55 Å². The Labute approximate surface area is 188 Å². The Morgan fingerprint density at radius 3 is 2.53 bits per heavy atom. The van der Waals surface area contributed by atoms with Crippen molar-refractivity contribution < 1.29 is 17.8 Å². The second kappa shape index (κ2) is 9.17. The lowest BCUT2D eigenvalue weighted by molar-refractivity contribution is -0.131. The largest absolute Gasteiger partial charge is 0.371 e. The highest BCUT2D eigenvalue weighted by Crippen LogP contribution is 2.28. The summed E-state index contributed by atoms with van der Waals surface area (Å²) < 4.78 is 31.7. The van der Waals surface area contributed by atoms with Gasteiger partial charge in [0.1, 0.15) is 0 Å². The van der Waals surface area contributed by atoms with Crippen LogP contribution in [0.4, 0.5) is 0 Å². The maximum Gasteiger partial charge on any atom is 0.294 e. The Morgan fingerprint density at radius 2 is 1.84 bits per heavy atom. The summed E-state index contributed by atoms with van der Waals surface area (Å²) in [7, 11) is -4.25. The third-order valence-electron chi connectivity index (χ3n) is 5.84. The maximum absolute atomic E-state index is 13.3. The summed E-state index contributed by atoms with van der Waals surface area (Å²) in [6.45, 7) is 4.27. The SMILES string of the molecule is CC(c1ccc(S(=O)(=O)O)cc1)N1CNC2=C(CN(CC#Cc3ccccc3)CC2)C1=O. The second-order valence-electron chi connectivity index (χ2n) is 7.92. The maximum atomic E-state index is 13.3. The Kier molecular flexibility index (Phi) is 6.33. The van der Waals surface area contributed by atoms with Crippen LogP contribution in [0.25, 0.3) is 0 Å². The van der Waals surface area contributed by atoms with E-state index in [-0.39, 0.29) is 16.8 Å². The molecule has 1 unspecified atom stereocenters. The second-order valence-corrected chi connectivity index (χ2v) is 9.34. The van der Waals surface area contributed by atoms with Gasteiger partial charge in [0.2, 0.25) is 0 Å². The number of hydrogen-bond donors (Lipinski definition) is 2. The molecule has 0 aliphatic carbocycles. The van der Waals surface area contributed by atoms with Crippen LogP contribution in [0.5, 0.6) is 0 Å². The van der Waals surface area contributed by atoms with E-state index in [1.807, 2.05) is 37.3 Å². The van der Waals surface area contributed by atoms with Crippen molar-refractivity contribution in [1.29, 1.82) is 0 Å². The molecule has 1 atom stereocenters. The molecular weight excluding hydrogens is 426 g/mol. The van der Waals surface area contributed by atoms with Gasteiger partial charge in [-0.2, -0.15) is 8.42 Å². The molecule has 0 bridgehead atoms. The molecule has 2 aromatic rings. The molecule has 32 heavy (non-hydrogen) atoms. The van der Waals surface area contributed by atoms with Gasteiger partial charge < -0.3 is 10.2 Å². The lowest BCUT2D eigenvalue weighted by atomic mass is 10.00. The van der Waals surface area contributed by atoms with Crippen LogP contribution in [0.1, 0.15) is 30.5 Å². The molecule has 0 saturated heterocycles. The van der Waals surface area contributed by atoms with Gasteiger partial charge in [0.25, 0.3) is 16.0 Å². The third-order valence-corrected chi connectivity index (χ3v) is 6.71. The van der Waals surface area contributed by atoms with Crippen LogP contribution in [0.3, 0.4) is 0 Å². The number of carbonyl (C=O) groups excluding carboxylic acids is 1. The van der Waals surface area contributed by atoms with Crippen LogP contribution < -0.4 is 5.32 Å². The summed E-state index contributed by atoms with van der Waals surface area (Å²) in [5.41, 5.74) is 3.51. The zero-order valence-electron chi connectivity index (χ0n) is 17.8. The first-order valence-electron chi connectivity index (χ1n) is 10.4. The van der Waals surface area contributed by atoms with E-state index in [9.17, 15) is 13.2 Å². The normalized spacial score (nSPS) is 17.8. The van der Waals surface area contributed by atoms with Crippen LogP contribution >= 0.6 is 0 Å². The topological polar surface area (TPSA) is 89.9 Å². The number of nitrogens with one attached hydrogen (secondary N) is 1. The molecule has 0 aromatic heterocycles. The minimum Gasteiger partial charge on any atom is -0.371 e. The Balaban J connectivity index is 1.44. The molecule has 0 saturated carbocycles. The van der Waals surface area contributed by atoms with Crippen LogP contribution in [-0.2, 0) is 14.9 Å². The molecule has 0 radical (unpaired) electrons. The molecule has 4 rings (SSSR count). The zero-order valence-corrected chi connectivity index (χ0v) is 18.6. The van der Waals surface area contributed by atoms with Gasteiger partial charge in [-0.1, -0.05) is 42.2 Å². The van der Waals surface area contributed by atoms with Gasteiger partial charge in [0, 0.05) is 30.8 Å². The highest BCUT2D eigenvalue weighted by molar-refractivity contribution is 7.85. The Morgan fingerprint density at radius 1 is 1.12 bits per heavy atom. The molecular formula is C24H25N3O4S. The Bertz CT molecular complexity index is 1200. The van der Waals surface area contributed by atoms with Crippen molar-refractivity contribution in [2.24, 2.45) is 0 Å².